The number of carbonyl (C=O) groups excluding carboxylic acids is 2. The molecule has 4 aliphatic rings. The first-order valence-electron chi connectivity index (χ1n) is 17.3. The maximum atomic E-state index is 13.4. The van der Waals surface area contributed by atoms with Crippen molar-refractivity contribution >= 4 is 23.2 Å². The van der Waals surface area contributed by atoms with Crippen molar-refractivity contribution in [2.75, 3.05) is 56.7 Å². The molecule has 1 aromatic heterocycles. The van der Waals surface area contributed by atoms with Crippen LogP contribution in [0, 0.1) is 11.8 Å². The molecule has 0 unspecified atom stereocenters. The summed E-state index contributed by atoms with van der Waals surface area (Å²) in [4.78, 5) is 45.2. The highest BCUT2D eigenvalue weighted by atomic mass is 16.5. The van der Waals surface area contributed by atoms with E-state index in [1.807, 2.05) is 25.1 Å². The first-order chi connectivity index (χ1) is 21.7. The van der Waals surface area contributed by atoms with E-state index in [9.17, 15) is 9.59 Å². The third kappa shape index (κ3) is 7.04. The SMILES string of the molecule is CC[C@H]1C(=O)N(C)c2cnc(Cc3ccc(C(=O)C[C@H]4CC[C@H](N5CCN(CC6CC6)CC5)CC4)cc3OC)nc2N1C(C)C. The second kappa shape index (κ2) is 13.8. The lowest BCUT2D eigenvalue weighted by Crippen LogP contribution is -2.55. The average molecular weight is 617 g/mol. The summed E-state index contributed by atoms with van der Waals surface area (Å²) in [5.74, 6) is 3.85. The molecule has 2 aliphatic carbocycles. The number of aromatic nitrogens is 2. The van der Waals surface area contributed by atoms with Gasteiger partial charge in [-0.15, -0.1) is 0 Å². The van der Waals surface area contributed by atoms with E-state index in [1.54, 1.807) is 25.3 Å². The zero-order chi connectivity index (χ0) is 31.7. The fourth-order valence-electron chi connectivity index (χ4n) is 7.80. The summed E-state index contributed by atoms with van der Waals surface area (Å²) in [5.41, 5.74) is 2.39. The number of piperazine rings is 1. The van der Waals surface area contributed by atoms with E-state index in [4.69, 9.17) is 9.72 Å². The van der Waals surface area contributed by atoms with Gasteiger partial charge in [0.25, 0.3) is 0 Å². The molecule has 1 amide bonds. The number of fused-ring (bicyclic) bond motifs is 1. The highest BCUT2D eigenvalue weighted by molar-refractivity contribution is 6.04. The Morgan fingerprint density at radius 2 is 1.73 bits per heavy atom. The van der Waals surface area contributed by atoms with Gasteiger partial charge in [-0.05, 0) is 76.7 Å². The monoisotopic (exact) mass is 616 g/mol. The number of nitrogens with zero attached hydrogens (tertiary/aromatic N) is 6. The zero-order valence-electron chi connectivity index (χ0n) is 28.0. The van der Waals surface area contributed by atoms with Gasteiger partial charge in [0.05, 0.1) is 13.3 Å². The van der Waals surface area contributed by atoms with Crippen molar-refractivity contribution in [1.29, 1.82) is 0 Å². The van der Waals surface area contributed by atoms with Crippen molar-refractivity contribution in [2.24, 2.45) is 11.8 Å². The molecule has 3 heterocycles. The summed E-state index contributed by atoms with van der Waals surface area (Å²) < 4.78 is 5.77. The number of likely N-dealkylation sites (N-methyl/N-ethyl adjacent to an activating group) is 1. The van der Waals surface area contributed by atoms with E-state index in [-0.39, 0.29) is 23.8 Å². The van der Waals surface area contributed by atoms with E-state index in [2.05, 4.69) is 33.5 Å². The number of amides is 1. The molecular weight excluding hydrogens is 564 g/mol. The molecule has 2 aliphatic heterocycles. The van der Waals surface area contributed by atoms with Gasteiger partial charge in [0.2, 0.25) is 5.91 Å². The lowest BCUT2D eigenvalue weighted by atomic mass is 9.81. The smallest absolute Gasteiger partial charge is 0.249 e. The van der Waals surface area contributed by atoms with Crippen LogP contribution in [0.2, 0.25) is 0 Å². The maximum absolute atomic E-state index is 13.4. The fourth-order valence-corrected chi connectivity index (χ4v) is 7.80. The number of carbonyl (C=O) groups is 2. The third-order valence-electron chi connectivity index (χ3n) is 10.7. The Bertz CT molecular complexity index is 1360. The predicted octanol–water partition coefficient (Wildman–Crippen LogP) is 5.21. The van der Waals surface area contributed by atoms with Crippen molar-refractivity contribution < 1.29 is 14.3 Å². The third-order valence-corrected chi connectivity index (χ3v) is 10.7. The first kappa shape index (κ1) is 31.9. The number of rotatable bonds is 11. The minimum absolute atomic E-state index is 0.0717. The van der Waals surface area contributed by atoms with E-state index in [0.29, 0.717) is 48.4 Å². The number of anilines is 2. The summed E-state index contributed by atoms with van der Waals surface area (Å²) in [6.07, 6.45) is 11.1. The molecule has 45 heavy (non-hydrogen) atoms. The van der Waals surface area contributed by atoms with E-state index >= 15 is 0 Å². The van der Waals surface area contributed by atoms with Crippen molar-refractivity contribution in [3.05, 3.63) is 41.3 Å². The van der Waals surface area contributed by atoms with Gasteiger partial charge < -0.3 is 19.4 Å². The molecule has 0 N–H and O–H groups in total. The second-order valence-corrected chi connectivity index (χ2v) is 14.1. The van der Waals surface area contributed by atoms with Crippen LogP contribution in [0.15, 0.2) is 24.4 Å². The van der Waals surface area contributed by atoms with Crippen molar-refractivity contribution in [1.82, 2.24) is 19.8 Å². The number of ether oxygens (including phenoxy) is 1. The fraction of sp³-hybridized carbons (Fsp3) is 0.667. The molecule has 0 bridgehead atoms. The average Bonchev–Trinajstić information content (AvgIpc) is 3.87. The molecule has 0 spiro atoms. The van der Waals surface area contributed by atoms with Crippen molar-refractivity contribution in [3.63, 3.8) is 0 Å². The van der Waals surface area contributed by atoms with Gasteiger partial charge in [-0.3, -0.25) is 14.5 Å². The van der Waals surface area contributed by atoms with Crippen LogP contribution in [-0.4, -0.2) is 96.5 Å². The van der Waals surface area contributed by atoms with Gasteiger partial charge in [0.1, 0.15) is 23.3 Å². The maximum Gasteiger partial charge on any atom is 0.249 e. The van der Waals surface area contributed by atoms with E-state index in [1.165, 1.54) is 58.4 Å². The Hall–Kier alpha value is -3.04. The molecule has 1 atom stereocenters. The van der Waals surface area contributed by atoms with Gasteiger partial charge >= 0.3 is 0 Å². The predicted molar refractivity (Wildman–Crippen MR) is 178 cm³/mol. The molecule has 244 valence electrons. The summed E-state index contributed by atoms with van der Waals surface area (Å²) >= 11 is 0. The van der Waals surface area contributed by atoms with Crippen LogP contribution in [-0.2, 0) is 11.2 Å². The number of benzene rings is 1. The molecule has 1 aromatic carbocycles. The standard InChI is InChI=1S/C36H52N6O3/c1-6-30-36(44)39(4)31-22-37-34(38-35(31)42(30)24(2)3)21-28-12-11-27(20-33(28)45-5)32(43)19-25-9-13-29(14-10-25)41-17-15-40(16-18-41)23-26-7-8-26/h11-12,20,22,24-26,29-30H,6-10,13-19,21,23H2,1-5H3/t25-,29-,30-/m0/s1. The molecule has 9 nitrogen and oxygen atoms in total. The molecule has 3 fully saturated rings. The highest BCUT2D eigenvalue weighted by Gasteiger charge is 2.38. The Labute approximate surface area is 269 Å². The van der Waals surface area contributed by atoms with E-state index in [0.717, 1.165) is 35.8 Å². The normalized spacial score (nSPS) is 24.7. The van der Waals surface area contributed by atoms with Gasteiger partial charge in [-0.1, -0.05) is 19.1 Å². The Morgan fingerprint density at radius 3 is 2.38 bits per heavy atom. The van der Waals surface area contributed by atoms with Crippen LogP contribution in [0.1, 0.15) is 93.9 Å². The molecule has 1 saturated heterocycles. The number of hydrogen-bond donors (Lipinski definition) is 0. The minimum Gasteiger partial charge on any atom is -0.496 e. The van der Waals surface area contributed by atoms with Gasteiger partial charge in [0.15, 0.2) is 11.6 Å². The largest absolute Gasteiger partial charge is 0.496 e. The molecule has 6 rings (SSSR count). The number of methoxy groups -OCH3 is 1. The molecule has 2 aromatic rings. The molecule has 0 radical (unpaired) electrons. The number of ketones is 1. The Kier molecular flexibility index (Phi) is 9.76. The quantitative estimate of drug-likeness (QED) is 0.319. The van der Waals surface area contributed by atoms with Crippen LogP contribution in [0.4, 0.5) is 11.5 Å². The van der Waals surface area contributed by atoms with Crippen molar-refractivity contribution in [2.45, 2.75) is 96.7 Å². The Morgan fingerprint density at radius 1 is 1.02 bits per heavy atom. The minimum atomic E-state index is -0.243. The van der Waals surface area contributed by atoms with Gasteiger partial charge in [0, 0.05) is 75.8 Å². The lowest BCUT2D eigenvalue weighted by molar-refractivity contribution is -0.120. The molecule has 2 saturated carbocycles. The lowest BCUT2D eigenvalue weighted by Gasteiger charge is -2.42. The van der Waals surface area contributed by atoms with E-state index < -0.39 is 0 Å². The van der Waals surface area contributed by atoms with Gasteiger partial charge in [-0.2, -0.15) is 0 Å². The zero-order valence-corrected chi connectivity index (χ0v) is 28.0. The van der Waals surface area contributed by atoms with Gasteiger partial charge in [-0.25, -0.2) is 9.97 Å². The number of hydrogen-bond acceptors (Lipinski definition) is 8. The van der Waals surface area contributed by atoms with Crippen LogP contribution >= 0.6 is 0 Å². The highest BCUT2D eigenvalue weighted by Crippen LogP contribution is 2.37. The molecule has 9 heteroatoms. The van der Waals surface area contributed by atoms with Crippen molar-refractivity contribution in [3.8, 4) is 5.75 Å². The van der Waals surface area contributed by atoms with Crippen LogP contribution < -0.4 is 14.5 Å². The summed E-state index contributed by atoms with van der Waals surface area (Å²) in [6, 6.07) is 6.38. The topological polar surface area (TPSA) is 82.1 Å². The second-order valence-electron chi connectivity index (χ2n) is 14.1. The Balaban J connectivity index is 1.06. The van der Waals surface area contributed by atoms with Crippen LogP contribution in [0.3, 0.4) is 0 Å². The van der Waals surface area contributed by atoms with Crippen LogP contribution in [0.5, 0.6) is 5.75 Å². The summed E-state index contributed by atoms with van der Waals surface area (Å²) in [7, 11) is 3.45. The van der Waals surface area contributed by atoms with Crippen LogP contribution in [0.25, 0.3) is 0 Å². The first-order valence-corrected chi connectivity index (χ1v) is 17.3. The number of Topliss-reactive ketones (excluding diaryl/α,β-unsaturated/α-hetero) is 1. The molecular formula is C36H52N6O3. The summed E-state index contributed by atoms with van der Waals surface area (Å²) in [6.45, 7) is 12.4. The summed E-state index contributed by atoms with van der Waals surface area (Å²) in [5, 5.41) is 0.